The fourth-order valence-electron chi connectivity index (χ4n) is 1.15. The number of H-pyrrole nitrogens is 1. The zero-order chi connectivity index (χ0) is 12.4. The minimum absolute atomic E-state index is 0.221. The van der Waals surface area contributed by atoms with Gasteiger partial charge in [-0.05, 0) is 20.8 Å². The molecule has 0 saturated heterocycles. The molecule has 0 radical (unpaired) electrons. The van der Waals surface area contributed by atoms with Crippen LogP contribution in [0.15, 0.2) is 12.4 Å². The van der Waals surface area contributed by atoms with Gasteiger partial charge < -0.3 is 4.98 Å². The van der Waals surface area contributed by atoms with Gasteiger partial charge in [0.15, 0.2) is 0 Å². The Balaban J connectivity index is 2.70. The van der Waals surface area contributed by atoms with Crippen LogP contribution in [0.2, 0.25) is 0 Å². The minimum Gasteiger partial charge on any atom is -0.347 e. The van der Waals surface area contributed by atoms with E-state index in [1.165, 1.54) is 11.4 Å². The second-order valence-electron chi connectivity index (χ2n) is 4.65. The summed E-state index contributed by atoms with van der Waals surface area (Å²) in [5.41, 5.74) is -0.490. The van der Waals surface area contributed by atoms with Crippen LogP contribution >= 0.6 is 0 Å². The maximum Gasteiger partial charge on any atom is 0.280 e. The van der Waals surface area contributed by atoms with Crippen LogP contribution < -0.4 is 4.72 Å². The third-order valence-electron chi connectivity index (χ3n) is 1.77. The predicted molar refractivity (Wildman–Crippen MR) is 61.9 cm³/mol. The normalized spacial score (nSPS) is 13.3. The molecular formula is C9H18N4O2S. The summed E-state index contributed by atoms with van der Waals surface area (Å²) < 4.78 is 27.5. The number of hydrogen-bond donors (Lipinski definition) is 2. The van der Waals surface area contributed by atoms with Crippen molar-refractivity contribution in [1.29, 1.82) is 0 Å². The molecule has 92 valence electrons. The fraction of sp³-hybridized carbons (Fsp3) is 0.667. The molecule has 0 aliphatic rings. The first kappa shape index (κ1) is 13.1. The average Bonchev–Trinajstić information content (AvgIpc) is 2.51. The molecule has 0 atom stereocenters. The number of nitrogens with zero attached hydrogens (tertiary/aromatic N) is 2. The molecule has 6 nitrogen and oxygen atoms in total. The van der Waals surface area contributed by atoms with Crippen molar-refractivity contribution < 1.29 is 8.42 Å². The molecule has 0 aliphatic carbocycles. The van der Waals surface area contributed by atoms with Gasteiger partial charge in [-0.25, -0.2) is 4.98 Å². The molecule has 0 fully saturated rings. The van der Waals surface area contributed by atoms with Crippen LogP contribution in [0.5, 0.6) is 0 Å². The molecule has 0 amide bonds. The van der Waals surface area contributed by atoms with Crippen LogP contribution in [0, 0.1) is 0 Å². The molecule has 0 saturated carbocycles. The van der Waals surface area contributed by atoms with E-state index in [2.05, 4.69) is 14.7 Å². The second-order valence-corrected chi connectivity index (χ2v) is 6.43. The molecule has 1 rings (SSSR count). The number of hydrogen-bond acceptors (Lipinski definition) is 3. The van der Waals surface area contributed by atoms with E-state index in [1.54, 1.807) is 33.2 Å². The molecular weight excluding hydrogens is 228 g/mol. The van der Waals surface area contributed by atoms with Crippen LogP contribution in [0.3, 0.4) is 0 Å². The van der Waals surface area contributed by atoms with Gasteiger partial charge in [-0.1, -0.05) is 0 Å². The second kappa shape index (κ2) is 4.52. The molecule has 0 aromatic carbocycles. The van der Waals surface area contributed by atoms with Gasteiger partial charge in [0.1, 0.15) is 5.82 Å². The number of aromatic amines is 1. The van der Waals surface area contributed by atoms with Crippen molar-refractivity contribution in [3.63, 3.8) is 0 Å². The molecule has 1 heterocycles. The standard InChI is InChI=1S/C9H18N4O2S/c1-9(2,3)12-16(14,15)13(4)7-8-10-5-6-11-8/h5-6,12H,7H2,1-4H3,(H,10,11). The van der Waals surface area contributed by atoms with Gasteiger partial charge in [-0.15, -0.1) is 0 Å². The first-order chi connectivity index (χ1) is 7.21. The van der Waals surface area contributed by atoms with E-state index in [-0.39, 0.29) is 6.54 Å². The lowest BCUT2D eigenvalue weighted by Crippen LogP contribution is -2.47. The van der Waals surface area contributed by atoms with Crippen molar-refractivity contribution in [1.82, 2.24) is 19.0 Å². The Kier molecular flexibility index (Phi) is 3.72. The highest BCUT2D eigenvalue weighted by Crippen LogP contribution is 2.07. The first-order valence-corrected chi connectivity index (χ1v) is 6.38. The Morgan fingerprint density at radius 3 is 2.56 bits per heavy atom. The van der Waals surface area contributed by atoms with Gasteiger partial charge >= 0.3 is 0 Å². The summed E-state index contributed by atoms with van der Waals surface area (Å²) in [5, 5.41) is 0. The molecule has 1 aromatic heterocycles. The van der Waals surface area contributed by atoms with Crippen LogP contribution in [-0.4, -0.2) is 35.3 Å². The lowest BCUT2D eigenvalue weighted by atomic mass is 10.1. The number of rotatable bonds is 4. The van der Waals surface area contributed by atoms with E-state index in [4.69, 9.17) is 0 Å². The van der Waals surface area contributed by atoms with Crippen molar-refractivity contribution in [3.8, 4) is 0 Å². The smallest absolute Gasteiger partial charge is 0.280 e. The van der Waals surface area contributed by atoms with Gasteiger partial charge in [0, 0.05) is 25.0 Å². The Bertz CT molecular complexity index is 419. The number of nitrogens with one attached hydrogen (secondary N) is 2. The third kappa shape index (κ3) is 3.92. The van der Waals surface area contributed by atoms with Crippen molar-refractivity contribution in [2.24, 2.45) is 0 Å². The Morgan fingerprint density at radius 1 is 1.50 bits per heavy atom. The Morgan fingerprint density at radius 2 is 2.12 bits per heavy atom. The highest BCUT2D eigenvalue weighted by molar-refractivity contribution is 7.87. The molecule has 16 heavy (non-hydrogen) atoms. The van der Waals surface area contributed by atoms with Crippen LogP contribution in [0.1, 0.15) is 26.6 Å². The lowest BCUT2D eigenvalue weighted by molar-refractivity contribution is 0.416. The quantitative estimate of drug-likeness (QED) is 0.811. The van der Waals surface area contributed by atoms with E-state index in [0.717, 1.165) is 0 Å². The molecule has 0 aliphatic heterocycles. The van der Waals surface area contributed by atoms with E-state index in [0.29, 0.717) is 5.82 Å². The summed E-state index contributed by atoms with van der Waals surface area (Å²) in [7, 11) is -1.96. The average molecular weight is 246 g/mol. The molecule has 0 spiro atoms. The van der Waals surface area contributed by atoms with Crippen molar-refractivity contribution >= 4 is 10.2 Å². The predicted octanol–water partition coefficient (Wildman–Crippen LogP) is 0.474. The summed E-state index contributed by atoms with van der Waals surface area (Å²) in [6, 6.07) is 0. The highest BCUT2D eigenvalue weighted by atomic mass is 32.2. The number of aromatic nitrogens is 2. The summed E-state index contributed by atoms with van der Waals surface area (Å²) in [6.45, 7) is 5.61. The van der Waals surface area contributed by atoms with E-state index >= 15 is 0 Å². The summed E-state index contributed by atoms with van der Waals surface area (Å²) in [4.78, 5) is 6.83. The highest BCUT2D eigenvalue weighted by Gasteiger charge is 2.24. The summed E-state index contributed by atoms with van der Waals surface area (Å²) in [5.74, 6) is 0.613. The molecule has 2 N–H and O–H groups in total. The lowest BCUT2D eigenvalue weighted by Gasteiger charge is -2.24. The zero-order valence-electron chi connectivity index (χ0n) is 9.98. The topological polar surface area (TPSA) is 78.1 Å². The maximum atomic E-state index is 11.8. The van der Waals surface area contributed by atoms with Crippen LogP contribution in [0.25, 0.3) is 0 Å². The maximum absolute atomic E-state index is 11.8. The van der Waals surface area contributed by atoms with Crippen molar-refractivity contribution in [2.45, 2.75) is 32.9 Å². The molecule has 7 heteroatoms. The minimum atomic E-state index is -3.47. The third-order valence-corrected chi connectivity index (χ3v) is 3.59. The number of imidazole rings is 1. The van der Waals surface area contributed by atoms with E-state index in [9.17, 15) is 8.42 Å². The van der Waals surface area contributed by atoms with Crippen LogP contribution in [-0.2, 0) is 16.8 Å². The monoisotopic (exact) mass is 246 g/mol. The SMILES string of the molecule is CN(Cc1ncc[nH]1)S(=O)(=O)NC(C)(C)C. The van der Waals surface area contributed by atoms with E-state index in [1.807, 2.05) is 0 Å². The zero-order valence-corrected chi connectivity index (χ0v) is 10.8. The Labute approximate surface area is 96.3 Å². The summed E-state index contributed by atoms with van der Waals surface area (Å²) in [6.07, 6.45) is 3.25. The van der Waals surface area contributed by atoms with Gasteiger partial charge in [0.2, 0.25) is 0 Å². The summed E-state index contributed by atoms with van der Waals surface area (Å²) >= 11 is 0. The molecule has 0 bridgehead atoms. The molecule has 1 aromatic rings. The van der Waals surface area contributed by atoms with Gasteiger partial charge in [0.05, 0.1) is 6.54 Å². The van der Waals surface area contributed by atoms with Crippen molar-refractivity contribution in [2.75, 3.05) is 7.05 Å². The van der Waals surface area contributed by atoms with Crippen LogP contribution in [0.4, 0.5) is 0 Å². The van der Waals surface area contributed by atoms with Gasteiger partial charge in [-0.2, -0.15) is 17.4 Å². The van der Waals surface area contributed by atoms with E-state index < -0.39 is 15.7 Å². The first-order valence-electron chi connectivity index (χ1n) is 4.94. The molecule has 0 unspecified atom stereocenters. The van der Waals surface area contributed by atoms with Gasteiger partial charge in [-0.3, -0.25) is 0 Å². The van der Waals surface area contributed by atoms with Gasteiger partial charge in [0.25, 0.3) is 10.2 Å². The largest absolute Gasteiger partial charge is 0.347 e. The Hall–Kier alpha value is -0.920. The fourth-order valence-corrected chi connectivity index (χ4v) is 2.37. The van der Waals surface area contributed by atoms with Crippen molar-refractivity contribution in [3.05, 3.63) is 18.2 Å².